The van der Waals surface area contributed by atoms with Gasteiger partial charge in [0.1, 0.15) is 11.5 Å². The Morgan fingerprint density at radius 2 is 1.86 bits per heavy atom. The number of piperidine rings is 1. The molecule has 7 heteroatoms. The molecule has 0 aliphatic carbocycles. The van der Waals surface area contributed by atoms with Crippen molar-refractivity contribution in [3.63, 3.8) is 0 Å². The van der Waals surface area contributed by atoms with Crippen molar-refractivity contribution < 1.29 is 9.53 Å². The molecule has 3 N–H and O–H groups in total. The molecule has 5 rings (SSSR count). The monoisotopic (exact) mass is 471 g/mol. The van der Waals surface area contributed by atoms with E-state index in [1.54, 1.807) is 6.20 Å². The number of carbonyl (C=O) groups excluding carboxylic acids is 1. The first-order valence-corrected chi connectivity index (χ1v) is 12.3. The standard InChI is InChI=1S/C26H27N5O2.C2H6/c1-28-24-13-21(4-2-18(24)15-27)33-22-8-11-30-25(14-22)17-3-5-23-19(12-17)16-31(26(23)32)20-6-9-29-10-7-20;1-2/h2-5,8,11-15,20,27-29H,6-7,9-10,16H2,1H3;1-2H3. The zero-order valence-corrected chi connectivity index (χ0v) is 20.6. The summed E-state index contributed by atoms with van der Waals surface area (Å²) in [4.78, 5) is 19.5. The fourth-order valence-corrected chi connectivity index (χ4v) is 4.63. The molecule has 1 amide bonds. The maximum atomic E-state index is 12.9. The van der Waals surface area contributed by atoms with E-state index in [-0.39, 0.29) is 5.91 Å². The van der Waals surface area contributed by atoms with Gasteiger partial charge in [-0.1, -0.05) is 19.9 Å². The molecule has 182 valence electrons. The number of amides is 1. The number of benzene rings is 2. The molecule has 0 bridgehead atoms. The van der Waals surface area contributed by atoms with E-state index in [4.69, 9.17) is 10.1 Å². The van der Waals surface area contributed by atoms with Crippen molar-refractivity contribution in [2.75, 3.05) is 25.5 Å². The number of hydrogen-bond acceptors (Lipinski definition) is 6. The fraction of sp³-hybridized carbons (Fsp3) is 0.321. The number of ether oxygens (including phenoxy) is 1. The van der Waals surface area contributed by atoms with E-state index in [9.17, 15) is 4.79 Å². The summed E-state index contributed by atoms with van der Waals surface area (Å²) in [5.74, 6) is 1.50. The third-order valence-electron chi connectivity index (χ3n) is 6.40. The van der Waals surface area contributed by atoms with Gasteiger partial charge in [-0.05, 0) is 61.8 Å². The maximum Gasteiger partial charge on any atom is 0.254 e. The molecule has 1 aromatic heterocycles. The highest BCUT2D eigenvalue weighted by atomic mass is 16.5. The molecule has 7 nitrogen and oxygen atoms in total. The van der Waals surface area contributed by atoms with Gasteiger partial charge in [-0.15, -0.1) is 0 Å². The lowest BCUT2D eigenvalue weighted by Crippen LogP contribution is -2.43. The van der Waals surface area contributed by atoms with Crippen molar-refractivity contribution in [1.29, 1.82) is 5.41 Å². The Morgan fingerprint density at radius 3 is 2.60 bits per heavy atom. The van der Waals surface area contributed by atoms with Gasteiger partial charge in [0.25, 0.3) is 5.91 Å². The lowest BCUT2D eigenvalue weighted by atomic mass is 10.0. The summed E-state index contributed by atoms with van der Waals surface area (Å²) in [5.41, 5.74) is 5.26. The lowest BCUT2D eigenvalue weighted by molar-refractivity contribution is 0.0668. The average molecular weight is 472 g/mol. The molecule has 3 aromatic rings. The number of rotatable bonds is 6. The Morgan fingerprint density at radius 1 is 1.09 bits per heavy atom. The first-order valence-electron chi connectivity index (χ1n) is 12.3. The number of pyridine rings is 1. The largest absolute Gasteiger partial charge is 0.457 e. The minimum Gasteiger partial charge on any atom is -0.457 e. The topological polar surface area (TPSA) is 90.3 Å². The predicted molar refractivity (Wildman–Crippen MR) is 141 cm³/mol. The van der Waals surface area contributed by atoms with Crippen LogP contribution in [-0.4, -0.2) is 48.2 Å². The third kappa shape index (κ3) is 5.20. The summed E-state index contributed by atoms with van der Waals surface area (Å²) < 4.78 is 6.07. The van der Waals surface area contributed by atoms with E-state index in [1.807, 2.05) is 68.3 Å². The predicted octanol–water partition coefficient (Wildman–Crippen LogP) is 5.31. The van der Waals surface area contributed by atoms with Crippen molar-refractivity contribution in [2.45, 2.75) is 39.3 Å². The second-order valence-corrected chi connectivity index (χ2v) is 8.41. The van der Waals surface area contributed by atoms with Crippen LogP contribution in [0.3, 0.4) is 0 Å². The first-order chi connectivity index (χ1) is 17.2. The lowest BCUT2D eigenvalue weighted by Gasteiger charge is -2.31. The highest BCUT2D eigenvalue weighted by Gasteiger charge is 2.33. The maximum absolute atomic E-state index is 12.9. The summed E-state index contributed by atoms with van der Waals surface area (Å²) in [6.07, 6.45) is 5.05. The van der Waals surface area contributed by atoms with Crippen LogP contribution in [0.4, 0.5) is 5.69 Å². The van der Waals surface area contributed by atoms with Crippen LogP contribution < -0.4 is 15.4 Å². The van der Waals surface area contributed by atoms with Gasteiger partial charge in [0.05, 0.1) is 5.69 Å². The summed E-state index contributed by atoms with van der Waals surface area (Å²) in [6, 6.07) is 15.6. The molecule has 2 aliphatic heterocycles. The Labute approximate surface area is 207 Å². The average Bonchev–Trinajstić information content (AvgIpc) is 3.26. The van der Waals surface area contributed by atoms with Crippen molar-refractivity contribution in [3.05, 3.63) is 71.4 Å². The van der Waals surface area contributed by atoms with E-state index in [0.29, 0.717) is 24.1 Å². The van der Waals surface area contributed by atoms with Gasteiger partial charge in [-0.3, -0.25) is 9.78 Å². The van der Waals surface area contributed by atoms with Crippen LogP contribution in [-0.2, 0) is 6.54 Å². The van der Waals surface area contributed by atoms with E-state index in [1.165, 1.54) is 6.21 Å². The second-order valence-electron chi connectivity index (χ2n) is 8.41. The Kier molecular flexibility index (Phi) is 7.77. The van der Waals surface area contributed by atoms with E-state index >= 15 is 0 Å². The summed E-state index contributed by atoms with van der Waals surface area (Å²) >= 11 is 0. The number of carbonyl (C=O) groups is 1. The Balaban J connectivity index is 0.00000141. The molecule has 0 unspecified atom stereocenters. The van der Waals surface area contributed by atoms with Crippen molar-refractivity contribution >= 4 is 17.8 Å². The molecule has 1 fully saturated rings. The highest BCUT2D eigenvalue weighted by molar-refractivity contribution is 5.99. The summed E-state index contributed by atoms with van der Waals surface area (Å²) in [7, 11) is 1.82. The van der Waals surface area contributed by atoms with E-state index in [2.05, 4.69) is 21.7 Å². The zero-order chi connectivity index (χ0) is 24.8. The second kappa shape index (κ2) is 11.1. The van der Waals surface area contributed by atoms with Crippen molar-refractivity contribution in [2.24, 2.45) is 0 Å². The molecule has 1 saturated heterocycles. The highest BCUT2D eigenvalue weighted by Crippen LogP contribution is 2.32. The van der Waals surface area contributed by atoms with E-state index in [0.717, 1.165) is 59.6 Å². The van der Waals surface area contributed by atoms with Gasteiger partial charge in [-0.25, -0.2) is 0 Å². The first kappa shape index (κ1) is 24.4. The number of nitrogens with one attached hydrogen (secondary N) is 3. The van der Waals surface area contributed by atoms with Crippen molar-refractivity contribution in [3.8, 4) is 22.8 Å². The molecule has 2 aliphatic rings. The quantitative estimate of drug-likeness (QED) is 0.424. The molecule has 2 aromatic carbocycles. The van der Waals surface area contributed by atoms with Gasteiger partial charge < -0.3 is 25.7 Å². The summed E-state index contributed by atoms with van der Waals surface area (Å²) in [6.45, 7) is 6.59. The molecule has 0 saturated carbocycles. The molecular formula is C28H33N5O2. The van der Waals surface area contributed by atoms with Crippen LogP contribution in [0.25, 0.3) is 11.3 Å². The Bertz CT molecular complexity index is 1200. The third-order valence-corrected chi connectivity index (χ3v) is 6.40. The minimum atomic E-state index is 0.141. The number of fused-ring (bicyclic) bond motifs is 1. The normalized spacial score (nSPS) is 15.2. The molecule has 0 spiro atoms. The minimum absolute atomic E-state index is 0.141. The Hall–Kier alpha value is -3.71. The smallest absolute Gasteiger partial charge is 0.254 e. The zero-order valence-electron chi connectivity index (χ0n) is 20.6. The molecule has 0 atom stereocenters. The van der Waals surface area contributed by atoms with Gasteiger partial charge in [0.2, 0.25) is 0 Å². The van der Waals surface area contributed by atoms with E-state index < -0.39 is 0 Å². The van der Waals surface area contributed by atoms with Crippen molar-refractivity contribution in [1.82, 2.24) is 15.2 Å². The van der Waals surface area contributed by atoms with Gasteiger partial charge in [0, 0.05) is 66.6 Å². The summed E-state index contributed by atoms with van der Waals surface area (Å²) in [5, 5.41) is 14.0. The SMILES string of the molecule is CC.CNc1cc(Oc2ccnc(-c3ccc4c(c3)CN(C3CCNCC3)C4=O)c2)ccc1C=N. The number of aromatic nitrogens is 1. The number of hydrogen-bond donors (Lipinski definition) is 3. The fourth-order valence-electron chi connectivity index (χ4n) is 4.63. The number of anilines is 1. The van der Waals surface area contributed by atoms with Crippen LogP contribution in [0.15, 0.2) is 54.7 Å². The van der Waals surface area contributed by atoms with Gasteiger partial charge in [0.15, 0.2) is 0 Å². The number of nitrogens with zero attached hydrogens (tertiary/aromatic N) is 2. The van der Waals surface area contributed by atoms with Crippen LogP contribution in [0.5, 0.6) is 11.5 Å². The van der Waals surface area contributed by atoms with Crippen LogP contribution in [0, 0.1) is 5.41 Å². The van der Waals surface area contributed by atoms with Crippen LogP contribution >= 0.6 is 0 Å². The van der Waals surface area contributed by atoms with Gasteiger partial charge >= 0.3 is 0 Å². The van der Waals surface area contributed by atoms with Crippen LogP contribution in [0.2, 0.25) is 0 Å². The molecule has 3 heterocycles. The van der Waals surface area contributed by atoms with Gasteiger partial charge in [-0.2, -0.15) is 0 Å². The molecular weight excluding hydrogens is 438 g/mol. The molecule has 35 heavy (non-hydrogen) atoms. The van der Waals surface area contributed by atoms with Crippen LogP contribution in [0.1, 0.15) is 48.2 Å². The molecule has 0 radical (unpaired) electrons.